The Labute approximate surface area is 401 Å². The van der Waals surface area contributed by atoms with Gasteiger partial charge in [0.15, 0.2) is 6.10 Å². The lowest BCUT2D eigenvalue weighted by Crippen LogP contribution is -2.30. The number of unbranched alkanes of at least 4 members (excludes halogenated alkanes) is 23. The molecule has 0 aromatic carbocycles. The maximum absolute atomic E-state index is 12.8. The van der Waals surface area contributed by atoms with E-state index in [0.717, 1.165) is 103 Å². The molecule has 0 N–H and O–H groups in total. The van der Waals surface area contributed by atoms with E-state index in [9.17, 15) is 14.4 Å². The molecule has 0 aliphatic heterocycles. The lowest BCUT2D eigenvalue weighted by Gasteiger charge is -2.18. The molecule has 0 aromatic rings. The van der Waals surface area contributed by atoms with Crippen LogP contribution >= 0.6 is 0 Å². The predicted octanol–water partition coefficient (Wildman–Crippen LogP) is 18.0. The number of hydrogen-bond donors (Lipinski definition) is 0. The Hall–Kier alpha value is -3.41. The molecule has 6 nitrogen and oxygen atoms in total. The highest BCUT2D eigenvalue weighted by Crippen LogP contribution is 2.16. The molecule has 0 fully saturated rings. The van der Waals surface area contributed by atoms with Crippen molar-refractivity contribution in [2.45, 2.75) is 258 Å². The summed E-state index contributed by atoms with van der Waals surface area (Å²) in [6.07, 6.45) is 68.8. The van der Waals surface area contributed by atoms with Crippen molar-refractivity contribution in [2.75, 3.05) is 13.2 Å². The predicted molar refractivity (Wildman–Crippen MR) is 279 cm³/mol. The van der Waals surface area contributed by atoms with Gasteiger partial charge in [0, 0.05) is 19.3 Å². The third-order valence-electron chi connectivity index (χ3n) is 11.4. The number of ether oxygens (including phenoxy) is 3. The zero-order valence-electron chi connectivity index (χ0n) is 42.5. The summed E-state index contributed by atoms with van der Waals surface area (Å²) in [6.45, 7) is 6.35. The summed E-state index contributed by atoms with van der Waals surface area (Å²) < 4.78 is 16.7. The first-order valence-electron chi connectivity index (χ1n) is 27.1. The number of allylic oxidation sites excluding steroid dienone is 14. The number of rotatable bonds is 48. The van der Waals surface area contributed by atoms with E-state index in [1.807, 2.05) is 12.2 Å². The van der Waals surface area contributed by atoms with E-state index in [1.54, 1.807) is 0 Å². The number of hydrogen-bond acceptors (Lipinski definition) is 6. The van der Waals surface area contributed by atoms with E-state index in [0.29, 0.717) is 19.3 Å². The third-order valence-corrected chi connectivity index (χ3v) is 11.4. The molecular formula is C59H100O6. The van der Waals surface area contributed by atoms with Crippen LogP contribution in [0.4, 0.5) is 0 Å². The Morgan fingerprint density at radius 2 is 0.631 bits per heavy atom. The Kier molecular flexibility index (Phi) is 50.4. The Morgan fingerprint density at radius 1 is 0.323 bits per heavy atom. The molecule has 1 unspecified atom stereocenters. The monoisotopic (exact) mass is 905 g/mol. The smallest absolute Gasteiger partial charge is 0.306 e. The van der Waals surface area contributed by atoms with Gasteiger partial charge in [0.05, 0.1) is 0 Å². The summed E-state index contributed by atoms with van der Waals surface area (Å²) >= 11 is 0. The van der Waals surface area contributed by atoms with E-state index in [1.165, 1.54) is 103 Å². The topological polar surface area (TPSA) is 78.9 Å². The fraction of sp³-hybridized carbons (Fsp3) is 0.712. The molecule has 0 heterocycles. The molecule has 65 heavy (non-hydrogen) atoms. The van der Waals surface area contributed by atoms with E-state index in [2.05, 4.69) is 93.7 Å². The van der Waals surface area contributed by atoms with Crippen molar-refractivity contribution in [1.82, 2.24) is 0 Å². The maximum atomic E-state index is 12.8. The molecule has 0 rings (SSSR count). The minimum atomic E-state index is -0.820. The number of carbonyl (C=O) groups is 3. The first-order valence-corrected chi connectivity index (χ1v) is 27.1. The second kappa shape index (κ2) is 53.2. The molecule has 0 bridgehead atoms. The molecule has 0 aromatic heterocycles. The van der Waals surface area contributed by atoms with Gasteiger partial charge in [-0.05, 0) is 77.0 Å². The van der Waals surface area contributed by atoms with Crippen molar-refractivity contribution in [2.24, 2.45) is 0 Å². The lowest BCUT2D eigenvalue weighted by molar-refractivity contribution is -0.166. The van der Waals surface area contributed by atoms with Crippen molar-refractivity contribution in [1.29, 1.82) is 0 Å². The molecule has 0 amide bonds. The summed E-state index contributed by atoms with van der Waals surface area (Å²) in [5.74, 6) is -1.01. The summed E-state index contributed by atoms with van der Waals surface area (Å²) in [6, 6.07) is 0. The van der Waals surface area contributed by atoms with Gasteiger partial charge in [-0.15, -0.1) is 0 Å². The van der Waals surface area contributed by atoms with Crippen molar-refractivity contribution >= 4 is 17.9 Å². The fourth-order valence-electron chi connectivity index (χ4n) is 7.41. The van der Waals surface area contributed by atoms with Gasteiger partial charge in [-0.3, -0.25) is 14.4 Å². The Bertz CT molecular complexity index is 1270. The Balaban J connectivity index is 4.43. The molecule has 0 saturated heterocycles. The van der Waals surface area contributed by atoms with Crippen LogP contribution in [0.1, 0.15) is 252 Å². The van der Waals surface area contributed by atoms with Crippen molar-refractivity contribution in [3.8, 4) is 0 Å². The molecule has 6 heteroatoms. The molecular weight excluding hydrogens is 805 g/mol. The molecule has 0 spiro atoms. The zero-order valence-corrected chi connectivity index (χ0v) is 42.5. The van der Waals surface area contributed by atoms with Crippen LogP contribution < -0.4 is 0 Å². The second-order valence-electron chi connectivity index (χ2n) is 17.7. The van der Waals surface area contributed by atoms with Crippen LogP contribution in [0.15, 0.2) is 85.1 Å². The third kappa shape index (κ3) is 51.4. The zero-order chi connectivity index (χ0) is 47.2. The molecule has 0 radical (unpaired) electrons. The summed E-state index contributed by atoms with van der Waals surface area (Å²) in [5.41, 5.74) is 0. The van der Waals surface area contributed by atoms with Crippen LogP contribution in [0.5, 0.6) is 0 Å². The van der Waals surface area contributed by atoms with E-state index >= 15 is 0 Å². The maximum Gasteiger partial charge on any atom is 0.306 e. The summed E-state index contributed by atoms with van der Waals surface area (Å²) in [7, 11) is 0. The van der Waals surface area contributed by atoms with Gasteiger partial charge in [-0.1, -0.05) is 241 Å². The standard InChI is InChI=1S/C59H100O6/c1-4-7-10-13-16-19-22-25-27-29-30-31-33-34-37-40-43-46-49-52-58(61)64-55-56(54-63-57(60)51-48-45-42-39-36-24-21-18-15-12-9-6-3)65-59(62)53-50-47-44-41-38-35-32-28-26-23-20-17-14-11-8-5-2/h8-9,11-12,17-18,20-21,26,28,35,38,44,47,56H,4-7,10,13-16,19,22-25,27,29-34,36-37,39-43,45-46,48-55H2,1-3H3/b11-8-,12-9-,20-17-,21-18-,28-26-,38-35-,47-44-. The van der Waals surface area contributed by atoms with E-state index < -0.39 is 12.1 Å². The average molecular weight is 905 g/mol. The van der Waals surface area contributed by atoms with Crippen LogP contribution in [0.25, 0.3) is 0 Å². The summed E-state index contributed by atoms with van der Waals surface area (Å²) in [4.78, 5) is 38.0. The average Bonchev–Trinajstić information content (AvgIpc) is 3.30. The van der Waals surface area contributed by atoms with Crippen molar-refractivity contribution in [3.63, 3.8) is 0 Å². The van der Waals surface area contributed by atoms with E-state index in [-0.39, 0.29) is 31.6 Å². The van der Waals surface area contributed by atoms with Crippen LogP contribution in [-0.2, 0) is 28.6 Å². The molecule has 1 atom stereocenters. The largest absolute Gasteiger partial charge is 0.462 e. The molecule has 0 saturated carbocycles. The second-order valence-corrected chi connectivity index (χ2v) is 17.7. The molecule has 372 valence electrons. The van der Waals surface area contributed by atoms with Crippen LogP contribution in [-0.4, -0.2) is 37.2 Å². The fourth-order valence-corrected chi connectivity index (χ4v) is 7.41. The highest BCUT2D eigenvalue weighted by molar-refractivity contribution is 5.71. The van der Waals surface area contributed by atoms with Gasteiger partial charge in [0.25, 0.3) is 0 Å². The minimum Gasteiger partial charge on any atom is -0.462 e. The number of esters is 3. The van der Waals surface area contributed by atoms with E-state index in [4.69, 9.17) is 14.2 Å². The first-order chi connectivity index (χ1) is 32.0. The highest BCUT2D eigenvalue weighted by atomic mass is 16.6. The van der Waals surface area contributed by atoms with Crippen molar-refractivity contribution in [3.05, 3.63) is 85.1 Å². The van der Waals surface area contributed by atoms with Gasteiger partial charge >= 0.3 is 17.9 Å². The molecule has 0 aliphatic carbocycles. The highest BCUT2D eigenvalue weighted by Gasteiger charge is 2.19. The van der Waals surface area contributed by atoms with Crippen LogP contribution in [0.2, 0.25) is 0 Å². The van der Waals surface area contributed by atoms with Gasteiger partial charge < -0.3 is 14.2 Å². The van der Waals surface area contributed by atoms with Crippen LogP contribution in [0, 0.1) is 0 Å². The Morgan fingerprint density at radius 3 is 1.00 bits per heavy atom. The van der Waals surface area contributed by atoms with Crippen molar-refractivity contribution < 1.29 is 28.6 Å². The lowest BCUT2D eigenvalue weighted by atomic mass is 10.0. The molecule has 0 aliphatic rings. The number of carbonyl (C=O) groups excluding carboxylic acids is 3. The van der Waals surface area contributed by atoms with Gasteiger partial charge in [-0.2, -0.15) is 0 Å². The quantitative estimate of drug-likeness (QED) is 0.0262. The van der Waals surface area contributed by atoms with Crippen LogP contribution in [0.3, 0.4) is 0 Å². The van der Waals surface area contributed by atoms with Gasteiger partial charge in [-0.25, -0.2) is 0 Å². The van der Waals surface area contributed by atoms with Gasteiger partial charge in [0.1, 0.15) is 13.2 Å². The normalized spacial score (nSPS) is 12.7. The van der Waals surface area contributed by atoms with Gasteiger partial charge in [0.2, 0.25) is 0 Å². The first kappa shape index (κ1) is 61.6. The SMILES string of the molecule is CC/C=C\C/C=C\C/C=C\C/C=C\C/C=C\CCC(=O)OC(COC(=O)CCCCCCC/C=C\C/C=C\CC)COC(=O)CCCCCCCCCCCCCCCCCCCCC. The minimum absolute atomic E-state index is 0.109. The summed E-state index contributed by atoms with van der Waals surface area (Å²) in [5, 5.41) is 0.